The lowest BCUT2D eigenvalue weighted by Crippen LogP contribution is -2.11. The molecule has 1 aromatic rings. The maximum Gasteiger partial charge on any atom is 0.411 e. The third-order valence-electron chi connectivity index (χ3n) is 1.53. The predicted molar refractivity (Wildman–Crippen MR) is 42.6 cm³/mol. The number of nitrogens with zero attached hydrogens (tertiary/aromatic N) is 1. The normalized spacial score (nSPS) is 18.3. The largest absolute Gasteiger partial charge is 0.411 e. The van der Waals surface area contributed by atoms with Crippen LogP contribution in [-0.2, 0) is 14.6 Å². The van der Waals surface area contributed by atoms with Crippen LogP contribution in [0, 0.1) is 0 Å². The first-order chi connectivity index (χ1) is 6.11. The van der Waals surface area contributed by atoms with E-state index in [9.17, 15) is 13.2 Å². The molecule has 6 heteroatoms. The van der Waals surface area contributed by atoms with E-state index in [-0.39, 0.29) is 5.56 Å². The zero-order chi connectivity index (χ0) is 9.47. The second kappa shape index (κ2) is 2.54. The summed E-state index contributed by atoms with van der Waals surface area (Å²) < 4.78 is 25.6. The Morgan fingerprint density at radius 2 is 1.77 bits per heavy atom. The van der Waals surface area contributed by atoms with Crippen LogP contribution in [0.2, 0.25) is 0 Å². The van der Waals surface area contributed by atoms with Crippen molar-refractivity contribution in [1.29, 1.82) is 0 Å². The van der Waals surface area contributed by atoms with E-state index in [0.717, 1.165) is 0 Å². The van der Waals surface area contributed by atoms with E-state index in [1.807, 2.05) is 0 Å². The summed E-state index contributed by atoms with van der Waals surface area (Å²) in [4.78, 5) is 11.2. The van der Waals surface area contributed by atoms with Crippen molar-refractivity contribution < 1.29 is 17.5 Å². The summed E-state index contributed by atoms with van der Waals surface area (Å²) in [6.07, 6.45) is 0. The molecule has 1 saturated heterocycles. The smallest absolute Gasteiger partial charge is 0.265 e. The summed E-state index contributed by atoms with van der Waals surface area (Å²) in [7, 11) is -3.72. The SMILES string of the molecule is O=C(c1ccccc1)N1OS1(=O)=O. The zero-order valence-corrected chi connectivity index (χ0v) is 7.19. The van der Waals surface area contributed by atoms with Crippen molar-refractivity contribution in [2.75, 3.05) is 0 Å². The van der Waals surface area contributed by atoms with E-state index in [4.69, 9.17) is 0 Å². The molecule has 0 aromatic heterocycles. The molecule has 1 aromatic carbocycles. The molecule has 0 unspecified atom stereocenters. The molecule has 1 amide bonds. The highest BCUT2D eigenvalue weighted by Crippen LogP contribution is 2.24. The Labute approximate surface area is 74.7 Å². The Kier molecular flexibility index (Phi) is 1.61. The standard InChI is InChI=1S/C7H5NO4S/c9-7(8-12-13(8,10)11)6-4-2-1-3-5-6/h1-5H. The van der Waals surface area contributed by atoms with E-state index in [1.54, 1.807) is 18.2 Å². The lowest BCUT2D eigenvalue weighted by Gasteiger charge is -1.93. The number of carbonyl (C=O) groups is 1. The molecule has 1 heterocycles. The molecule has 0 bridgehead atoms. The van der Waals surface area contributed by atoms with Gasteiger partial charge in [-0.1, -0.05) is 22.7 Å². The molecule has 0 atom stereocenters. The third kappa shape index (κ3) is 1.41. The summed E-state index contributed by atoms with van der Waals surface area (Å²) in [6.45, 7) is 0. The van der Waals surface area contributed by atoms with Crippen molar-refractivity contribution in [3.8, 4) is 0 Å². The van der Waals surface area contributed by atoms with Crippen LogP contribution in [0.3, 0.4) is 0 Å². The first kappa shape index (κ1) is 8.21. The molecule has 13 heavy (non-hydrogen) atoms. The van der Waals surface area contributed by atoms with Gasteiger partial charge in [0.25, 0.3) is 5.91 Å². The average Bonchev–Trinajstić information content (AvgIpc) is 2.76. The van der Waals surface area contributed by atoms with E-state index < -0.39 is 16.2 Å². The molecule has 1 fully saturated rings. The van der Waals surface area contributed by atoms with Gasteiger partial charge in [-0.3, -0.25) is 4.79 Å². The van der Waals surface area contributed by atoms with Gasteiger partial charge in [0.05, 0.1) is 0 Å². The highest BCUT2D eigenvalue weighted by atomic mass is 32.3. The molecule has 0 radical (unpaired) electrons. The monoisotopic (exact) mass is 199 g/mol. The molecule has 0 saturated carbocycles. The lowest BCUT2D eigenvalue weighted by molar-refractivity contribution is 0.0712. The van der Waals surface area contributed by atoms with Crippen LogP contribution in [0.1, 0.15) is 10.4 Å². The van der Waals surface area contributed by atoms with Crippen LogP contribution >= 0.6 is 0 Å². The van der Waals surface area contributed by atoms with Gasteiger partial charge in [-0.05, 0) is 12.1 Å². The highest BCUT2D eigenvalue weighted by Gasteiger charge is 2.48. The van der Waals surface area contributed by atoms with Crippen LogP contribution < -0.4 is 0 Å². The molecule has 2 rings (SSSR count). The van der Waals surface area contributed by atoms with Crippen molar-refractivity contribution in [2.45, 2.75) is 0 Å². The number of hydrogen-bond donors (Lipinski definition) is 0. The van der Waals surface area contributed by atoms with E-state index in [2.05, 4.69) is 4.28 Å². The lowest BCUT2D eigenvalue weighted by atomic mass is 10.2. The van der Waals surface area contributed by atoms with Gasteiger partial charge in [-0.25, -0.2) is 0 Å². The van der Waals surface area contributed by atoms with Crippen LogP contribution in [-0.4, -0.2) is 18.8 Å². The zero-order valence-electron chi connectivity index (χ0n) is 6.38. The first-order valence-electron chi connectivity index (χ1n) is 3.45. The van der Waals surface area contributed by atoms with Crippen molar-refractivity contribution in [2.24, 2.45) is 0 Å². The van der Waals surface area contributed by atoms with E-state index in [0.29, 0.717) is 4.47 Å². The number of carbonyl (C=O) groups excluding carboxylic acids is 1. The molecule has 0 aliphatic carbocycles. The van der Waals surface area contributed by atoms with Gasteiger partial charge in [0.1, 0.15) is 0 Å². The fourth-order valence-electron chi connectivity index (χ4n) is 0.893. The van der Waals surface area contributed by atoms with Crippen molar-refractivity contribution in [3.05, 3.63) is 35.9 Å². The molecule has 0 N–H and O–H groups in total. The fourth-order valence-corrected chi connectivity index (χ4v) is 1.56. The fraction of sp³-hybridized carbons (Fsp3) is 0. The minimum Gasteiger partial charge on any atom is -0.265 e. The Balaban J connectivity index is 2.26. The Morgan fingerprint density at radius 3 is 2.23 bits per heavy atom. The summed E-state index contributed by atoms with van der Waals surface area (Å²) in [5, 5.41) is 0. The molecule has 5 nitrogen and oxygen atoms in total. The minimum absolute atomic E-state index is 0.281. The topological polar surface area (TPSA) is 66.8 Å². The summed E-state index contributed by atoms with van der Waals surface area (Å²) in [5.74, 6) is -0.666. The quantitative estimate of drug-likeness (QED) is 0.611. The average molecular weight is 199 g/mol. The Morgan fingerprint density at radius 1 is 1.23 bits per heavy atom. The molecule has 1 aliphatic rings. The second-order valence-corrected chi connectivity index (χ2v) is 3.77. The van der Waals surface area contributed by atoms with Gasteiger partial charge in [0.15, 0.2) is 0 Å². The Hall–Kier alpha value is -1.40. The molecule has 1 aliphatic heterocycles. The second-order valence-electron chi connectivity index (χ2n) is 2.43. The summed E-state index contributed by atoms with van der Waals surface area (Å²) >= 11 is 0. The summed E-state index contributed by atoms with van der Waals surface area (Å²) in [6, 6.07) is 8.04. The minimum atomic E-state index is -3.72. The third-order valence-corrected chi connectivity index (χ3v) is 2.39. The number of hydroxylamine groups is 1. The van der Waals surface area contributed by atoms with E-state index in [1.165, 1.54) is 12.1 Å². The summed E-state index contributed by atoms with van der Waals surface area (Å²) in [5.41, 5.74) is 0.281. The van der Waals surface area contributed by atoms with Crippen LogP contribution in [0.5, 0.6) is 0 Å². The van der Waals surface area contributed by atoms with Crippen molar-refractivity contribution >= 4 is 16.2 Å². The van der Waals surface area contributed by atoms with Gasteiger partial charge in [-0.2, -0.15) is 8.42 Å². The van der Waals surface area contributed by atoms with Gasteiger partial charge < -0.3 is 0 Å². The number of benzene rings is 1. The number of hydrogen-bond acceptors (Lipinski definition) is 4. The predicted octanol–water partition coefficient (Wildman–Crippen LogP) is 0.319. The van der Waals surface area contributed by atoms with E-state index >= 15 is 0 Å². The number of rotatable bonds is 1. The Bertz CT molecular complexity index is 439. The van der Waals surface area contributed by atoms with Gasteiger partial charge >= 0.3 is 10.3 Å². The molecular formula is C7H5NO4S. The maximum absolute atomic E-state index is 11.2. The van der Waals surface area contributed by atoms with Crippen LogP contribution in [0.25, 0.3) is 0 Å². The molecular weight excluding hydrogens is 194 g/mol. The van der Waals surface area contributed by atoms with Crippen LogP contribution in [0.15, 0.2) is 30.3 Å². The van der Waals surface area contributed by atoms with Gasteiger partial charge in [-0.15, -0.1) is 4.28 Å². The van der Waals surface area contributed by atoms with Gasteiger partial charge in [0, 0.05) is 5.56 Å². The first-order valence-corrected chi connectivity index (χ1v) is 4.82. The maximum atomic E-state index is 11.2. The van der Waals surface area contributed by atoms with Gasteiger partial charge in [0.2, 0.25) is 0 Å². The van der Waals surface area contributed by atoms with Crippen molar-refractivity contribution in [3.63, 3.8) is 0 Å². The van der Waals surface area contributed by atoms with Crippen LogP contribution in [0.4, 0.5) is 0 Å². The van der Waals surface area contributed by atoms with Crippen molar-refractivity contribution in [1.82, 2.24) is 4.47 Å². The number of amides is 1. The highest BCUT2D eigenvalue weighted by molar-refractivity contribution is 7.89. The molecule has 68 valence electrons. The molecule has 0 spiro atoms.